The third-order valence-electron chi connectivity index (χ3n) is 4.01. The molecule has 0 unspecified atom stereocenters. The van der Waals surface area contributed by atoms with Crippen LogP contribution in [0.3, 0.4) is 0 Å². The highest BCUT2D eigenvalue weighted by atomic mass is 32.2. The van der Waals surface area contributed by atoms with E-state index < -0.39 is 15.9 Å². The number of aryl methyl sites for hydroxylation is 1. The van der Waals surface area contributed by atoms with Crippen molar-refractivity contribution in [3.63, 3.8) is 0 Å². The van der Waals surface area contributed by atoms with Crippen LogP contribution in [0.2, 0.25) is 0 Å². The number of anilines is 1. The molecule has 8 heteroatoms. The summed E-state index contributed by atoms with van der Waals surface area (Å²) in [5, 5.41) is 8.11. The van der Waals surface area contributed by atoms with Gasteiger partial charge in [0.1, 0.15) is 5.56 Å². The number of primary sulfonamides is 1. The zero-order chi connectivity index (χ0) is 18.9. The average molecular weight is 371 g/mol. The Labute approximate surface area is 150 Å². The van der Waals surface area contributed by atoms with Crippen molar-refractivity contribution >= 4 is 32.5 Å². The first-order valence-corrected chi connectivity index (χ1v) is 9.42. The maximum atomic E-state index is 12.6. The zero-order valence-electron chi connectivity index (χ0n) is 14.0. The highest BCUT2D eigenvalue weighted by Gasteiger charge is 2.15. The minimum Gasteiger partial charge on any atom is -0.347 e. The maximum Gasteiger partial charge on any atom is 0.261 e. The Morgan fingerprint density at radius 1 is 1.12 bits per heavy atom. The van der Waals surface area contributed by atoms with E-state index >= 15 is 0 Å². The zero-order valence-corrected chi connectivity index (χ0v) is 14.8. The summed E-state index contributed by atoms with van der Waals surface area (Å²) in [6.07, 6.45) is 1.53. The molecule has 3 aromatic rings. The Kier molecular flexibility index (Phi) is 4.62. The van der Waals surface area contributed by atoms with E-state index in [2.05, 4.69) is 5.32 Å². The quantitative estimate of drug-likeness (QED) is 0.730. The SMILES string of the molecule is CCn1cc(C(=O)Nc2ccc(S(N)(=O)=O)cc2)c(=O)c2ccccc21. The van der Waals surface area contributed by atoms with Crippen LogP contribution in [-0.4, -0.2) is 18.9 Å². The molecule has 0 aliphatic rings. The summed E-state index contributed by atoms with van der Waals surface area (Å²) in [5.74, 6) is -0.564. The number of rotatable bonds is 4. The van der Waals surface area contributed by atoms with Crippen LogP contribution in [0.5, 0.6) is 0 Å². The second kappa shape index (κ2) is 6.74. The maximum absolute atomic E-state index is 12.6. The Morgan fingerprint density at radius 2 is 1.77 bits per heavy atom. The van der Waals surface area contributed by atoms with Crippen molar-refractivity contribution in [2.24, 2.45) is 5.14 Å². The molecule has 0 saturated heterocycles. The number of aromatic nitrogens is 1. The molecule has 0 radical (unpaired) electrons. The van der Waals surface area contributed by atoms with Crippen LogP contribution >= 0.6 is 0 Å². The Bertz CT molecular complexity index is 1150. The van der Waals surface area contributed by atoms with Crippen molar-refractivity contribution < 1.29 is 13.2 Å². The van der Waals surface area contributed by atoms with Gasteiger partial charge in [0.05, 0.1) is 10.4 Å². The number of pyridine rings is 1. The molecular formula is C18H17N3O4S. The second-order valence-corrected chi connectivity index (χ2v) is 7.26. The number of sulfonamides is 1. The van der Waals surface area contributed by atoms with Crippen LogP contribution in [0.1, 0.15) is 17.3 Å². The van der Waals surface area contributed by atoms with Crippen molar-refractivity contribution in [1.82, 2.24) is 4.57 Å². The third-order valence-corrected chi connectivity index (χ3v) is 4.94. The van der Waals surface area contributed by atoms with Gasteiger partial charge < -0.3 is 9.88 Å². The lowest BCUT2D eigenvalue weighted by molar-refractivity contribution is 0.102. The van der Waals surface area contributed by atoms with E-state index in [1.807, 2.05) is 23.6 Å². The fourth-order valence-electron chi connectivity index (χ4n) is 2.69. The molecule has 26 heavy (non-hydrogen) atoms. The first-order valence-electron chi connectivity index (χ1n) is 7.87. The van der Waals surface area contributed by atoms with Gasteiger partial charge in [-0.15, -0.1) is 0 Å². The van der Waals surface area contributed by atoms with Gasteiger partial charge >= 0.3 is 0 Å². The Hall–Kier alpha value is -2.97. The van der Waals surface area contributed by atoms with Gasteiger partial charge in [0.2, 0.25) is 15.5 Å². The van der Waals surface area contributed by atoms with Crippen LogP contribution in [0.4, 0.5) is 5.69 Å². The number of hydrogen-bond acceptors (Lipinski definition) is 4. The van der Waals surface area contributed by atoms with Crippen molar-refractivity contribution in [2.45, 2.75) is 18.4 Å². The van der Waals surface area contributed by atoms with E-state index in [4.69, 9.17) is 5.14 Å². The first kappa shape index (κ1) is 17.8. The summed E-state index contributed by atoms with van der Waals surface area (Å²) in [4.78, 5) is 25.1. The van der Waals surface area contributed by atoms with Crippen molar-refractivity contribution in [1.29, 1.82) is 0 Å². The molecule has 1 aromatic heterocycles. The summed E-state index contributed by atoms with van der Waals surface area (Å²) in [7, 11) is -3.81. The molecule has 0 saturated carbocycles. The fourth-order valence-corrected chi connectivity index (χ4v) is 3.21. The van der Waals surface area contributed by atoms with E-state index in [1.54, 1.807) is 12.1 Å². The van der Waals surface area contributed by atoms with Crippen LogP contribution in [0, 0.1) is 0 Å². The first-order chi connectivity index (χ1) is 12.3. The predicted molar refractivity (Wildman–Crippen MR) is 99.7 cm³/mol. The lowest BCUT2D eigenvalue weighted by atomic mass is 10.1. The van der Waals surface area contributed by atoms with Crippen molar-refractivity contribution in [2.75, 3.05) is 5.32 Å². The van der Waals surface area contributed by atoms with Gasteiger partial charge in [0.25, 0.3) is 5.91 Å². The number of nitrogens with two attached hydrogens (primary N) is 1. The smallest absolute Gasteiger partial charge is 0.261 e. The molecule has 134 valence electrons. The molecule has 3 rings (SSSR count). The molecule has 2 aromatic carbocycles. The number of carbonyl (C=O) groups is 1. The number of amides is 1. The number of hydrogen-bond donors (Lipinski definition) is 2. The summed E-state index contributed by atoms with van der Waals surface area (Å²) < 4.78 is 24.4. The topological polar surface area (TPSA) is 111 Å². The molecule has 0 aliphatic carbocycles. The van der Waals surface area contributed by atoms with Crippen LogP contribution in [0.15, 0.2) is 64.4 Å². The average Bonchev–Trinajstić information content (AvgIpc) is 2.62. The monoisotopic (exact) mass is 371 g/mol. The lowest BCUT2D eigenvalue weighted by Gasteiger charge is -2.12. The highest BCUT2D eigenvalue weighted by molar-refractivity contribution is 7.89. The summed E-state index contributed by atoms with van der Waals surface area (Å²) in [6.45, 7) is 2.52. The lowest BCUT2D eigenvalue weighted by Crippen LogP contribution is -2.23. The molecule has 0 spiro atoms. The molecular weight excluding hydrogens is 354 g/mol. The molecule has 7 nitrogen and oxygen atoms in total. The number of carbonyl (C=O) groups excluding carboxylic acids is 1. The van der Waals surface area contributed by atoms with E-state index in [0.717, 1.165) is 5.52 Å². The summed E-state index contributed by atoms with van der Waals surface area (Å²) in [6, 6.07) is 12.5. The number of nitrogens with one attached hydrogen (secondary N) is 1. The van der Waals surface area contributed by atoms with Crippen molar-refractivity contribution in [3.8, 4) is 0 Å². The number of para-hydroxylation sites is 1. The van der Waals surface area contributed by atoms with Gasteiger partial charge in [0, 0.05) is 23.8 Å². The molecule has 0 fully saturated rings. The Morgan fingerprint density at radius 3 is 2.38 bits per heavy atom. The van der Waals surface area contributed by atoms with E-state index in [0.29, 0.717) is 17.6 Å². The van der Waals surface area contributed by atoms with Crippen LogP contribution in [-0.2, 0) is 16.6 Å². The standard InChI is InChI=1S/C18H17N3O4S/c1-2-21-11-15(17(22)14-5-3-4-6-16(14)21)18(23)20-12-7-9-13(10-8-12)26(19,24)25/h3-11H,2H2,1H3,(H,20,23)(H2,19,24,25). The van der Waals surface area contributed by atoms with Gasteiger partial charge in [-0.25, -0.2) is 13.6 Å². The summed E-state index contributed by atoms with van der Waals surface area (Å²) in [5.41, 5.74) is 0.775. The summed E-state index contributed by atoms with van der Waals surface area (Å²) >= 11 is 0. The molecule has 3 N–H and O–H groups in total. The minimum absolute atomic E-state index is 0.0149. The molecule has 0 bridgehead atoms. The van der Waals surface area contributed by atoms with E-state index in [9.17, 15) is 18.0 Å². The highest BCUT2D eigenvalue weighted by Crippen LogP contribution is 2.15. The van der Waals surface area contributed by atoms with Crippen molar-refractivity contribution in [3.05, 3.63) is 70.5 Å². The minimum atomic E-state index is -3.81. The van der Waals surface area contributed by atoms with Gasteiger partial charge in [-0.2, -0.15) is 0 Å². The number of benzene rings is 2. The van der Waals surface area contributed by atoms with Gasteiger partial charge in [-0.3, -0.25) is 9.59 Å². The second-order valence-electron chi connectivity index (χ2n) is 5.70. The normalized spacial score (nSPS) is 11.5. The van der Waals surface area contributed by atoms with Gasteiger partial charge in [-0.1, -0.05) is 12.1 Å². The van der Waals surface area contributed by atoms with Gasteiger partial charge in [-0.05, 0) is 43.3 Å². The predicted octanol–water partition coefficient (Wildman–Crippen LogP) is 1.92. The molecule has 0 atom stereocenters. The van der Waals surface area contributed by atoms with E-state index in [-0.39, 0.29) is 15.9 Å². The van der Waals surface area contributed by atoms with Gasteiger partial charge in [0.15, 0.2) is 0 Å². The molecule has 1 amide bonds. The van der Waals surface area contributed by atoms with Crippen LogP contribution < -0.4 is 15.9 Å². The fraction of sp³-hybridized carbons (Fsp3) is 0.111. The number of fused-ring (bicyclic) bond motifs is 1. The number of nitrogens with zero attached hydrogens (tertiary/aromatic N) is 1. The van der Waals surface area contributed by atoms with Crippen LogP contribution in [0.25, 0.3) is 10.9 Å². The Balaban J connectivity index is 1.98. The van der Waals surface area contributed by atoms with E-state index in [1.165, 1.54) is 30.5 Å². The largest absolute Gasteiger partial charge is 0.347 e. The molecule has 1 heterocycles. The third kappa shape index (κ3) is 3.37. The molecule has 0 aliphatic heterocycles.